The van der Waals surface area contributed by atoms with Gasteiger partial charge < -0.3 is 15.0 Å². The average molecular weight is 265 g/mol. The highest BCUT2D eigenvalue weighted by molar-refractivity contribution is 5.77. The molecule has 0 aromatic rings. The van der Waals surface area contributed by atoms with Crippen molar-refractivity contribution in [2.24, 2.45) is 0 Å². The number of carbonyl (C=O) groups excluding carboxylic acids is 1. The first-order chi connectivity index (χ1) is 9.19. The highest BCUT2D eigenvalue weighted by Gasteiger charge is 2.35. The molecule has 1 aliphatic heterocycles. The smallest absolute Gasteiger partial charge is 0.224 e. The Labute approximate surface area is 114 Å². The van der Waals surface area contributed by atoms with Crippen molar-refractivity contribution >= 4 is 5.91 Å². The van der Waals surface area contributed by atoms with Crippen molar-refractivity contribution in [3.63, 3.8) is 0 Å². The minimum atomic E-state index is -0.463. The summed E-state index contributed by atoms with van der Waals surface area (Å²) in [6.07, 6.45) is 5.88. The van der Waals surface area contributed by atoms with Crippen molar-refractivity contribution in [1.29, 1.82) is 5.26 Å². The molecule has 2 fully saturated rings. The molecule has 0 bridgehead atoms. The van der Waals surface area contributed by atoms with Crippen LogP contribution in [0.2, 0.25) is 0 Å². The largest absolute Gasteiger partial charge is 0.360 e. The van der Waals surface area contributed by atoms with Crippen LogP contribution in [0.25, 0.3) is 0 Å². The third-order valence-electron chi connectivity index (χ3n) is 4.39. The van der Waals surface area contributed by atoms with E-state index in [2.05, 4.69) is 11.4 Å². The van der Waals surface area contributed by atoms with Gasteiger partial charge >= 0.3 is 0 Å². The summed E-state index contributed by atoms with van der Waals surface area (Å²) >= 11 is 0. The first kappa shape index (κ1) is 14.3. The molecule has 5 nitrogen and oxygen atoms in total. The number of morpholine rings is 1. The van der Waals surface area contributed by atoms with E-state index in [-0.39, 0.29) is 11.4 Å². The number of amides is 1. The monoisotopic (exact) mass is 265 g/mol. The molecule has 2 rings (SSSR count). The number of nitrogens with one attached hydrogen (secondary N) is 1. The van der Waals surface area contributed by atoms with Crippen molar-refractivity contribution in [2.75, 3.05) is 26.7 Å². The molecule has 0 aromatic heterocycles. The Morgan fingerprint density at radius 1 is 1.47 bits per heavy atom. The molecule has 1 amide bonds. The Morgan fingerprint density at radius 3 is 2.84 bits per heavy atom. The predicted octanol–water partition coefficient (Wildman–Crippen LogP) is 1.05. The zero-order valence-corrected chi connectivity index (χ0v) is 11.7. The lowest BCUT2D eigenvalue weighted by molar-refractivity contribution is -0.139. The van der Waals surface area contributed by atoms with E-state index in [4.69, 9.17) is 10.00 Å². The van der Waals surface area contributed by atoms with Crippen LogP contribution < -0.4 is 5.32 Å². The summed E-state index contributed by atoms with van der Waals surface area (Å²) in [5.74, 6) is 0.153. The molecule has 1 unspecified atom stereocenters. The summed E-state index contributed by atoms with van der Waals surface area (Å²) in [5.41, 5.74) is -0.0320. The van der Waals surface area contributed by atoms with Crippen molar-refractivity contribution in [2.45, 2.75) is 50.2 Å². The summed E-state index contributed by atoms with van der Waals surface area (Å²) in [6.45, 7) is 1.49. The fourth-order valence-electron chi connectivity index (χ4n) is 3.10. The van der Waals surface area contributed by atoms with Gasteiger partial charge in [-0.1, -0.05) is 19.3 Å². The van der Waals surface area contributed by atoms with Crippen molar-refractivity contribution in [1.82, 2.24) is 10.2 Å². The second-order valence-electron chi connectivity index (χ2n) is 5.60. The molecule has 5 heteroatoms. The number of hydrogen-bond donors (Lipinski definition) is 1. The van der Waals surface area contributed by atoms with Crippen LogP contribution in [-0.4, -0.2) is 49.2 Å². The molecule has 106 valence electrons. The van der Waals surface area contributed by atoms with Gasteiger partial charge in [-0.15, -0.1) is 0 Å². The Bertz CT molecular complexity index is 358. The minimum Gasteiger partial charge on any atom is -0.360 e. The van der Waals surface area contributed by atoms with E-state index in [0.717, 1.165) is 12.8 Å². The molecule has 1 heterocycles. The van der Waals surface area contributed by atoms with Crippen LogP contribution in [0.4, 0.5) is 0 Å². The maximum absolute atomic E-state index is 12.4. The van der Waals surface area contributed by atoms with Crippen LogP contribution in [0.1, 0.15) is 38.5 Å². The highest BCUT2D eigenvalue weighted by atomic mass is 16.5. The summed E-state index contributed by atoms with van der Waals surface area (Å²) in [7, 11) is 1.95. The quantitative estimate of drug-likeness (QED) is 0.828. The lowest BCUT2D eigenvalue weighted by Crippen LogP contribution is -2.52. The van der Waals surface area contributed by atoms with Gasteiger partial charge in [-0.05, 0) is 19.9 Å². The molecule has 1 aliphatic carbocycles. The number of rotatable bonds is 3. The van der Waals surface area contributed by atoms with Gasteiger partial charge in [0.1, 0.15) is 0 Å². The van der Waals surface area contributed by atoms with E-state index < -0.39 is 6.10 Å². The molecule has 19 heavy (non-hydrogen) atoms. The van der Waals surface area contributed by atoms with E-state index in [1.807, 2.05) is 7.05 Å². The van der Waals surface area contributed by atoms with Gasteiger partial charge in [-0.3, -0.25) is 4.79 Å². The van der Waals surface area contributed by atoms with Gasteiger partial charge in [0.05, 0.1) is 19.2 Å². The first-order valence-corrected chi connectivity index (χ1v) is 7.17. The van der Waals surface area contributed by atoms with Crippen LogP contribution in [0.3, 0.4) is 0 Å². The van der Waals surface area contributed by atoms with E-state index in [0.29, 0.717) is 26.1 Å². The summed E-state index contributed by atoms with van der Waals surface area (Å²) in [5, 5.41) is 12.3. The second kappa shape index (κ2) is 6.36. The standard InChI is InChI=1S/C14H23N3O2/c1-16-14(5-3-2-4-6-14)9-13(18)17-7-8-19-12(10-15)11-17/h12,16H,2-9,11H2,1H3. The molecule has 1 N–H and O–H groups in total. The lowest BCUT2D eigenvalue weighted by Gasteiger charge is -2.39. The summed E-state index contributed by atoms with van der Waals surface area (Å²) < 4.78 is 5.28. The van der Waals surface area contributed by atoms with Gasteiger partial charge in [0.15, 0.2) is 6.10 Å². The number of hydrogen-bond acceptors (Lipinski definition) is 4. The third-order valence-corrected chi connectivity index (χ3v) is 4.39. The fourth-order valence-corrected chi connectivity index (χ4v) is 3.10. The molecule has 0 radical (unpaired) electrons. The normalized spacial score (nSPS) is 26.7. The molecule has 1 saturated carbocycles. The van der Waals surface area contributed by atoms with Crippen molar-refractivity contribution < 1.29 is 9.53 Å². The summed E-state index contributed by atoms with van der Waals surface area (Å²) in [6, 6.07) is 2.08. The van der Waals surface area contributed by atoms with Gasteiger partial charge in [-0.25, -0.2) is 0 Å². The SMILES string of the molecule is CNC1(CC(=O)N2CCOC(C#N)C2)CCCCC1. The van der Waals surface area contributed by atoms with Crippen LogP contribution in [0.15, 0.2) is 0 Å². The Kier molecular flexibility index (Phi) is 4.78. The van der Waals surface area contributed by atoms with Crippen molar-refractivity contribution in [3.8, 4) is 6.07 Å². The lowest BCUT2D eigenvalue weighted by atomic mass is 9.79. The Balaban J connectivity index is 1.94. The van der Waals surface area contributed by atoms with Gasteiger partial charge in [0.2, 0.25) is 5.91 Å². The van der Waals surface area contributed by atoms with E-state index in [9.17, 15) is 4.79 Å². The first-order valence-electron chi connectivity index (χ1n) is 7.17. The molecule has 2 aliphatic rings. The molecule has 0 aromatic carbocycles. The second-order valence-corrected chi connectivity index (χ2v) is 5.60. The topological polar surface area (TPSA) is 65.4 Å². The van der Waals surface area contributed by atoms with E-state index >= 15 is 0 Å². The van der Waals surface area contributed by atoms with Crippen LogP contribution in [0.5, 0.6) is 0 Å². The number of nitrogens with zero attached hydrogens (tertiary/aromatic N) is 2. The van der Waals surface area contributed by atoms with Crippen LogP contribution >= 0.6 is 0 Å². The van der Waals surface area contributed by atoms with Gasteiger partial charge in [-0.2, -0.15) is 5.26 Å². The molecule has 1 saturated heterocycles. The maximum atomic E-state index is 12.4. The van der Waals surface area contributed by atoms with E-state index in [1.165, 1.54) is 19.3 Å². The average Bonchev–Trinajstić information content (AvgIpc) is 2.48. The zero-order chi connectivity index (χ0) is 13.7. The molecular weight excluding hydrogens is 242 g/mol. The number of carbonyl (C=O) groups is 1. The highest BCUT2D eigenvalue weighted by Crippen LogP contribution is 2.31. The number of nitriles is 1. The molecular formula is C14H23N3O2. The van der Waals surface area contributed by atoms with Crippen LogP contribution in [0, 0.1) is 11.3 Å². The zero-order valence-electron chi connectivity index (χ0n) is 11.7. The van der Waals surface area contributed by atoms with E-state index in [1.54, 1.807) is 4.90 Å². The van der Waals surface area contributed by atoms with Crippen LogP contribution in [-0.2, 0) is 9.53 Å². The number of ether oxygens (including phenoxy) is 1. The fraction of sp³-hybridized carbons (Fsp3) is 0.857. The Hall–Kier alpha value is -1.12. The Morgan fingerprint density at radius 2 is 2.21 bits per heavy atom. The molecule has 1 atom stereocenters. The minimum absolute atomic E-state index is 0.0320. The van der Waals surface area contributed by atoms with Gasteiger partial charge in [0.25, 0.3) is 0 Å². The third kappa shape index (κ3) is 3.46. The van der Waals surface area contributed by atoms with Gasteiger partial charge in [0, 0.05) is 18.5 Å². The summed E-state index contributed by atoms with van der Waals surface area (Å²) in [4.78, 5) is 14.2. The predicted molar refractivity (Wildman–Crippen MR) is 71.4 cm³/mol. The maximum Gasteiger partial charge on any atom is 0.224 e. The molecule has 0 spiro atoms. The van der Waals surface area contributed by atoms with Crippen molar-refractivity contribution in [3.05, 3.63) is 0 Å².